The second-order valence-electron chi connectivity index (χ2n) is 3.30. The van der Waals surface area contributed by atoms with E-state index in [2.05, 4.69) is 4.72 Å². The summed E-state index contributed by atoms with van der Waals surface area (Å²) in [6.07, 6.45) is 2.45. The molecule has 4 heteroatoms. The van der Waals surface area contributed by atoms with Crippen LogP contribution in [0.3, 0.4) is 0 Å². The van der Waals surface area contributed by atoms with Crippen LogP contribution in [-0.2, 0) is 10.0 Å². The van der Waals surface area contributed by atoms with E-state index in [-0.39, 0.29) is 0 Å². The van der Waals surface area contributed by atoms with Crippen LogP contribution in [-0.4, -0.2) is 19.7 Å². The second kappa shape index (κ2) is 2.75. The summed E-state index contributed by atoms with van der Waals surface area (Å²) in [5, 5.41) is 0. The highest BCUT2D eigenvalue weighted by molar-refractivity contribution is 7.90. The van der Waals surface area contributed by atoms with Gasteiger partial charge >= 0.3 is 0 Å². The molecule has 1 saturated heterocycles. The van der Waals surface area contributed by atoms with Crippen LogP contribution in [0.4, 0.5) is 0 Å². The third-order valence-corrected chi connectivity index (χ3v) is 4.95. The van der Waals surface area contributed by atoms with Crippen LogP contribution < -0.4 is 4.72 Å². The van der Waals surface area contributed by atoms with Gasteiger partial charge < -0.3 is 0 Å². The number of nitrogens with one attached hydrogen (secondary N) is 1. The molecule has 11 heavy (non-hydrogen) atoms. The van der Waals surface area contributed by atoms with Crippen LogP contribution in [0, 0.1) is 0 Å². The van der Waals surface area contributed by atoms with Crippen molar-refractivity contribution in [1.82, 2.24) is 4.72 Å². The van der Waals surface area contributed by atoms with Crippen LogP contribution in [0.2, 0.25) is 0 Å². The largest absolute Gasteiger partial charge is 0.217 e. The van der Waals surface area contributed by atoms with E-state index in [1.807, 2.05) is 13.8 Å². The van der Waals surface area contributed by atoms with Gasteiger partial charge in [0.25, 0.3) is 0 Å². The maximum atomic E-state index is 11.4. The molecule has 0 aromatic rings. The van der Waals surface area contributed by atoms with Gasteiger partial charge in [0.1, 0.15) is 0 Å². The van der Waals surface area contributed by atoms with Gasteiger partial charge in [0.15, 0.2) is 0 Å². The highest BCUT2D eigenvalue weighted by Crippen LogP contribution is 2.28. The summed E-state index contributed by atoms with van der Waals surface area (Å²) in [6.45, 7) is 4.34. The molecule has 1 heterocycles. The first-order chi connectivity index (χ1) is 5.02. The van der Waals surface area contributed by atoms with Crippen LogP contribution in [0.5, 0.6) is 0 Å². The maximum Gasteiger partial charge on any atom is 0.217 e. The van der Waals surface area contributed by atoms with Crippen molar-refractivity contribution in [3.63, 3.8) is 0 Å². The predicted molar refractivity (Wildman–Crippen MR) is 44.9 cm³/mol. The van der Waals surface area contributed by atoms with E-state index in [1.54, 1.807) is 0 Å². The lowest BCUT2D eigenvalue weighted by Crippen LogP contribution is -2.48. The number of rotatable bonds is 1. The topological polar surface area (TPSA) is 46.2 Å². The third-order valence-electron chi connectivity index (χ3n) is 2.57. The Balaban J connectivity index is 2.93. The molecule has 0 aliphatic carbocycles. The van der Waals surface area contributed by atoms with Crippen molar-refractivity contribution in [2.24, 2.45) is 0 Å². The molecule has 66 valence electrons. The van der Waals surface area contributed by atoms with Crippen LogP contribution in [0.1, 0.15) is 33.1 Å². The lowest BCUT2D eigenvalue weighted by Gasteiger charge is -2.32. The summed E-state index contributed by atoms with van der Waals surface area (Å²) in [5.74, 6) is 0. The Kier molecular flexibility index (Phi) is 2.25. The molecule has 0 bridgehead atoms. The highest BCUT2D eigenvalue weighted by Gasteiger charge is 2.39. The molecular weight excluding hydrogens is 162 g/mol. The van der Waals surface area contributed by atoms with Gasteiger partial charge in [-0.05, 0) is 26.2 Å². The normalized spacial score (nSPS) is 36.9. The van der Waals surface area contributed by atoms with E-state index in [9.17, 15) is 8.42 Å². The van der Waals surface area contributed by atoms with Gasteiger partial charge in [-0.2, -0.15) is 0 Å². The fraction of sp³-hybridized carbons (Fsp3) is 1.00. The molecule has 0 spiro atoms. The first-order valence-corrected chi connectivity index (χ1v) is 5.49. The van der Waals surface area contributed by atoms with Crippen molar-refractivity contribution in [3.8, 4) is 0 Å². The lowest BCUT2D eigenvalue weighted by atomic mass is 10.0. The summed E-state index contributed by atoms with van der Waals surface area (Å²) in [4.78, 5) is 0. The summed E-state index contributed by atoms with van der Waals surface area (Å²) in [7, 11) is -3.02. The minimum Gasteiger partial charge on any atom is -0.215 e. The summed E-state index contributed by atoms with van der Waals surface area (Å²) in [6, 6.07) is 0. The Morgan fingerprint density at radius 1 is 1.55 bits per heavy atom. The molecule has 0 aromatic heterocycles. The molecular formula is C7H15NO2S. The molecule has 1 aliphatic rings. The molecule has 1 atom stereocenters. The van der Waals surface area contributed by atoms with Crippen LogP contribution in [0.15, 0.2) is 0 Å². The van der Waals surface area contributed by atoms with E-state index in [1.165, 1.54) is 0 Å². The average molecular weight is 177 g/mol. The Morgan fingerprint density at radius 2 is 2.18 bits per heavy atom. The quantitative estimate of drug-likeness (QED) is 0.646. The van der Waals surface area contributed by atoms with E-state index in [4.69, 9.17) is 0 Å². The van der Waals surface area contributed by atoms with Crippen LogP contribution >= 0.6 is 0 Å². The molecule has 1 fully saturated rings. The van der Waals surface area contributed by atoms with Gasteiger partial charge in [-0.15, -0.1) is 0 Å². The van der Waals surface area contributed by atoms with Gasteiger partial charge in [0.2, 0.25) is 10.0 Å². The monoisotopic (exact) mass is 177 g/mol. The van der Waals surface area contributed by atoms with E-state index in [0.717, 1.165) is 12.8 Å². The predicted octanol–water partition coefficient (Wildman–Crippen LogP) is 0.868. The Hall–Kier alpha value is -0.0900. The summed E-state index contributed by atoms with van der Waals surface area (Å²) < 4.78 is 24.9. The zero-order chi connectivity index (χ0) is 8.54. The van der Waals surface area contributed by atoms with Gasteiger partial charge in [-0.3, -0.25) is 0 Å². The standard InChI is InChI=1S/C7H15NO2S/c1-3-7(2)5-4-6-8-11(7,9)10/h8H,3-6H2,1-2H3. The Bertz CT molecular complexity index is 235. The molecule has 0 amide bonds. The first-order valence-electron chi connectivity index (χ1n) is 4.01. The van der Waals surface area contributed by atoms with Crippen molar-refractivity contribution < 1.29 is 8.42 Å². The molecule has 0 radical (unpaired) electrons. The van der Waals surface area contributed by atoms with Crippen molar-refractivity contribution >= 4 is 10.0 Å². The number of sulfonamides is 1. The second-order valence-corrected chi connectivity index (χ2v) is 5.59. The maximum absolute atomic E-state index is 11.4. The minimum atomic E-state index is -3.02. The minimum absolute atomic E-state index is 0.523. The van der Waals surface area contributed by atoms with Crippen molar-refractivity contribution in [2.75, 3.05) is 6.54 Å². The van der Waals surface area contributed by atoms with Crippen LogP contribution in [0.25, 0.3) is 0 Å². The van der Waals surface area contributed by atoms with Gasteiger partial charge in [0, 0.05) is 6.54 Å². The zero-order valence-electron chi connectivity index (χ0n) is 7.05. The Labute approximate surface area is 68.2 Å². The van der Waals surface area contributed by atoms with Crippen molar-refractivity contribution in [3.05, 3.63) is 0 Å². The fourth-order valence-electron chi connectivity index (χ4n) is 1.34. The van der Waals surface area contributed by atoms with E-state index < -0.39 is 14.8 Å². The smallest absolute Gasteiger partial charge is 0.215 e. The molecule has 1 aliphatic heterocycles. The van der Waals surface area contributed by atoms with Gasteiger partial charge in [-0.25, -0.2) is 13.1 Å². The molecule has 1 unspecified atom stereocenters. The summed E-state index contributed by atoms with van der Waals surface area (Å²) >= 11 is 0. The van der Waals surface area contributed by atoms with Gasteiger partial charge in [-0.1, -0.05) is 6.92 Å². The molecule has 1 rings (SSSR count). The average Bonchev–Trinajstić information content (AvgIpc) is 1.95. The SMILES string of the molecule is CCC1(C)CCCNS1(=O)=O. The first kappa shape index (κ1) is 9.00. The molecule has 3 nitrogen and oxygen atoms in total. The van der Waals surface area contributed by atoms with Crippen molar-refractivity contribution in [1.29, 1.82) is 0 Å². The zero-order valence-corrected chi connectivity index (χ0v) is 7.87. The highest BCUT2D eigenvalue weighted by atomic mass is 32.2. The molecule has 0 saturated carbocycles. The fourth-order valence-corrected chi connectivity index (χ4v) is 2.90. The molecule has 1 N–H and O–H groups in total. The van der Waals surface area contributed by atoms with Gasteiger partial charge in [0.05, 0.1) is 4.75 Å². The van der Waals surface area contributed by atoms with Crippen molar-refractivity contribution in [2.45, 2.75) is 37.9 Å². The van der Waals surface area contributed by atoms with E-state index in [0.29, 0.717) is 13.0 Å². The summed E-state index contributed by atoms with van der Waals surface area (Å²) in [5.41, 5.74) is 0. The number of hydrogen-bond acceptors (Lipinski definition) is 2. The third kappa shape index (κ3) is 1.42. The molecule has 0 aromatic carbocycles. The number of hydrogen-bond donors (Lipinski definition) is 1. The van der Waals surface area contributed by atoms with E-state index >= 15 is 0 Å². The Morgan fingerprint density at radius 3 is 2.55 bits per heavy atom. The lowest BCUT2D eigenvalue weighted by molar-refractivity contribution is 0.445.